The summed E-state index contributed by atoms with van der Waals surface area (Å²) >= 11 is 5.09. The van der Waals surface area contributed by atoms with Crippen LogP contribution in [0.5, 0.6) is 0 Å². The normalized spacial score (nSPS) is 12.6. The number of thiophene rings is 1. The third kappa shape index (κ3) is 2.84. The van der Waals surface area contributed by atoms with Crippen LogP contribution in [0.3, 0.4) is 0 Å². The van der Waals surface area contributed by atoms with Crippen LogP contribution >= 0.6 is 27.3 Å². The number of nitrogens with zero attached hydrogens (tertiary/aromatic N) is 1. The smallest absolute Gasteiger partial charge is 0.352 e. The molecule has 96 valence electrons. The van der Waals surface area contributed by atoms with Gasteiger partial charge >= 0.3 is 5.97 Å². The van der Waals surface area contributed by atoms with Gasteiger partial charge in [0.15, 0.2) is 0 Å². The molecule has 5 heteroatoms. The van der Waals surface area contributed by atoms with Gasteiger partial charge in [-0.05, 0) is 48.0 Å². The van der Waals surface area contributed by atoms with Gasteiger partial charge in [0.1, 0.15) is 5.69 Å². The second-order valence-corrected chi connectivity index (χ2v) is 6.61. The summed E-state index contributed by atoms with van der Waals surface area (Å²) in [7, 11) is 0. The average molecular weight is 328 g/mol. The number of carboxylic acids is 1. The van der Waals surface area contributed by atoms with Crippen LogP contribution in [0.25, 0.3) is 0 Å². The number of aromatic carboxylic acids is 1. The highest BCUT2D eigenvalue weighted by Gasteiger charge is 2.16. The highest BCUT2D eigenvalue weighted by atomic mass is 79.9. The molecule has 0 saturated carbocycles. The predicted octanol–water partition coefficient (Wildman–Crippen LogP) is 4.12. The first kappa shape index (κ1) is 13.4. The topological polar surface area (TPSA) is 42.2 Å². The van der Waals surface area contributed by atoms with E-state index < -0.39 is 5.97 Å². The summed E-state index contributed by atoms with van der Waals surface area (Å²) in [6, 6.07) is 5.96. The second-order valence-electron chi connectivity index (χ2n) is 4.32. The molecule has 2 heterocycles. The van der Waals surface area contributed by atoms with E-state index in [1.807, 2.05) is 17.7 Å². The lowest BCUT2D eigenvalue weighted by Crippen LogP contribution is -2.13. The Morgan fingerprint density at radius 1 is 1.56 bits per heavy atom. The van der Waals surface area contributed by atoms with Crippen molar-refractivity contribution in [2.75, 3.05) is 0 Å². The molecule has 0 aliphatic heterocycles. The van der Waals surface area contributed by atoms with E-state index in [-0.39, 0.29) is 6.04 Å². The van der Waals surface area contributed by atoms with E-state index in [2.05, 4.69) is 35.0 Å². The number of rotatable bonds is 4. The molecular formula is C13H14BrNO2S. The van der Waals surface area contributed by atoms with Crippen molar-refractivity contribution in [3.05, 3.63) is 44.3 Å². The highest BCUT2D eigenvalue weighted by Crippen LogP contribution is 2.25. The van der Waals surface area contributed by atoms with Gasteiger partial charge < -0.3 is 9.67 Å². The zero-order valence-electron chi connectivity index (χ0n) is 10.2. The summed E-state index contributed by atoms with van der Waals surface area (Å²) in [4.78, 5) is 13.7. The van der Waals surface area contributed by atoms with Crippen LogP contribution in [0.15, 0.2) is 28.9 Å². The molecule has 1 atom stereocenters. The quantitative estimate of drug-likeness (QED) is 0.917. The van der Waals surface area contributed by atoms with Crippen molar-refractivity contribution < 1.29 is 9.90 Å². The zero-order chi connectivity index (χ0) is 13.3. The molecule has 1 N–H and O–H groups in total. The van der Waals surface area contributed by atoms with Crippen molar-refractivity contribution in [3.8, 4) is 0 Å². The molecule has 0 aromatic carbocycles. The predicted molar refractivity (Wildman–Crippen MR) is 76.6 cm³/mol. The minimum absolute atomic E-state index is 0.125. The van der Waals surface area contributed by atoms with Gasteiger partial charge in [0.2, 0.25) is 0 Å². The molecule has 0 amide bonds. The molecule has 0 saturated heterocycles. The number of carbonyl (C=O) groups is 1. The molecule has 2 aromatic rings. The third-order valence-electron chi connectivity index (χ3n) is 2.80. The van der Waals surface area contributed by atoms with Crippen LogP contribution in [0.2, 0.25) is 0 Å². The van der Waals surface area contributed by atoms with E-state index in [1.54, 1.807) is 17.4 Å². The first-order valence-corrected chi connectivity index (χ1v) is 7.24. The van der Waals surface area contributed by atoms with E-state index >= 15 is 0 Å². The summed E-state index contributed by atoms with van der Waals surface area (Å²) in [5.74, 6) is -0.894. The molecular weight excluding hydrogens is 314 g/mol. The van der Waals surface area contributed by atoms with Crippen LogP contribution in [-0.2, 0) is 6.42 Å². The Morgan fingerprint density at radius 2 is 2.28 bits per heavy atom. The summed E-state index contributed by atoms with van der Waals surface area (Å²) in [5.41, 5.74) is 0.322. The van der Waals surface area contributed by atoms with Crippen LogP contribution in [-0.4, -0.2) is 15.6 Å². The average Bonchev–Trinajstić information content (AvgIpc) is 2.85. The van der Waals surface area contributed by atoms with Crippen molar-refractivity contribution in [1.82, 2.24) is 4.57 Å². The van der Waals surface area contributed by atoms with Crippen molar-refractivity contribution in [2.45, 2.75) is 26.3 Å². The Hall–Kier alpha value is -1.07. The van der Waals surface area contributed by atoms with Gasteiger partial charge in [0.05, 0.1) is 0 Å². The summed E-state index contributed by atoms with van der Waals surface area (Å²) in [6.07, 6.45) is 2.68. The van der Waals surface area contributed by atoms with E-state index in [1.165, 1.54) is 9.75 Å². The van der Waals surface area contributed by atoms with Crippen molar-refractivity contribution in [1.29, 1.82) is 0 Å². The molecule has 3 nitrogen and oxygen atoms in total. The van der Waals surface area contributed by atoms with Gasteiger partial charge in [-0.25, -0.2) is 4.79 Å². The second kappa shape index (κ2) is 5.28. The number of aryl methyl sites for hydroxylation is 1. The Labute approximate surface area is 118 Å². The SMILES string of the molecule is Cc1ccc(CC(C)n2cc(Br)cc2C(=O)O)s1. The van der Waals surface area contributed by atoms with Gasteiger partial charge in [-0.2, -0.15) is 0 Å². The van der Waals surface area contributed by atoms with E-state index in [4.69, 9.17) is 5.11 Å². The van der Waals surface area contributed by atoms with Gasteiger partial charge in [-0.15, -0.1) is 11.3 Å². The monoisotopic (exact) mass is 327 g/mol. The molecule has 2 rings (SSSR count). The van der Waals surface area contributed by atoms with Gasteiger partial charge in [-0.3, -0.25) is 0 Å². The maximum Gasteiger partial charge on any atom is 0.352 e. The number of hydrogen-bond acceptors (Lipinski definition) is 2. The molecule has 0 aliphatic carbocycles. The minimum atomic E-state index is -0.894. The first-order chi connectivity index (χ1) is 8.47. The third-order valence-corrected chi connectivity index (χ3v) is 4.26. The van der Waals surface area contributed by atoms with Crippen LogP contribution in [0.1, 0.15) is 33.2 Å². The van der Waals surface area contributed by atoms with Gasteiger partial charge in [0.25, 0.3) is 0 Å². The fraction of sp³-hybridized carbons (Fsp3) is 0.308. The fourth-order valence-corrected chi connectivity index (χ4v) is 3.41. The Morgan fingerprint density at radius 3 is 2.83 bits per heavy atom. The van der Waals surface area contributed by atoms with Crippen LogP contribution < -0.4 is 0 Å². The largest absolute Gasteiger partial charge is 0.477 e. The molecule has 0 spiro atoms. The van der Waals surface area contributed by atoms with Gasteiger partial charge in [-0.1, -0.05) is 0 Å². The van der Waals surface area contributed by atoms with Gasteiger partial charge in [0, 0.05) is 32.9 Å². The van der Waals surface area contributed by atoms with Crippen molar-refractivity contribution in [3.63, 3.8) is 0 Å². The number of hydrogen-bond donors (Lipinski definition) is 1. The lowest BCUT2D eigenvalue weighted by atomic mass is 10.2. The standard InChI is InChI=1S/C13H14BrNO2S/c1-8(5-11-4-3-9(2)18-11)15-7-10(14)6-12(15)13(16)17/h3-4,6-8H,5H2,1-2H3,(H,16,17). The number of aromatic nitrogens is 1. The van der Waals surface area contributed by atoms with Crippen LogP contribution in [0, 0.1) is 6.92 Å². The van der Waals surface area contributed by atoms with E-state index in [9.17, 15) is 4.79 Å². The molecule has 0 bridgehead atoms. The molecule has 2 aromatic heterocycles. The lowest BCUT2D eigenvalue weighted by Gasteiger charge is -2.14. The first-order valence-electron chi connectivity index (χ1n) is 5.63. The minimum Gasteiger partial charge on any atom is -0.477 e. The van der Waals surface area contributed by atoms with Crippen molar-refractivity contribution >= 4 is 33.2 Å². The summed E-state index contributed by atoms with van der Waals surface area (Å²) in [5, 5.41) is 9.16. The summed E-state index contributed by atoms with van der Waals surface area (Å²) < 4.78 is 2.61. The molecule has 1 unspecified atom stereocenters. The maximum absolute atomic E-state index is 11.2. The highest BCUT2D eigenvalue weighted by molar-refractivity contribution is 9.10. The Kier molecular flexibility index (Phi) is 3.92. The lowest BCUT2D eigenvalue weighted by molar-refractivity contribution is 0.0683. The maximum atomic E-state index is 11.2. The zero-order valence-corrected chi connectivity index (χ0v) is 12.6. The fourth-order valence-electron chi connectivity index (χ4n) is 1.97. The van der Waals surface area contributed by atoms with E-state index in [0.29, 0.717) is 5.69 Å². The van der Waals surface area contributed by atoms with Crippen LogP contribution in [0.4, 0.5) is 0 Å². The number of halogens is 1. The Bertz CT molecular complexity index is 573. The molecule has 0 radical (unpaired) electrons. The van der Waals surface area contributed by atoms with Crippen molar-refractivity contribution in [2.24, 2.45) is 0 Å². The Balaban J connectivity index is 2.23. The molecule has 18 heavy (non-hydrogen) atoms. The summed E-state index contributed by atoms with van der Waals surface area (Å²) in [6.45, 7) is 4.11. The molecule has 0 aliphatic rings. The number of carboxylic acid groups (broad SMARTS) is 1. The molecule has 0 fully saturated rings. The van der Waals surface area contributed by atoms with E-state index in [0.717, 1.165) is 10.9 Å².